The first-order valence-corrected chi connectivity index (χ1v) is 5.53. The van der Waals surface area contributed by atoms with Crippen LogP contribution in [0.3, 0.4) is 0 Å². The van der Waals surface area contributed by atoms with Crippen LogP contribution in [0.1, 0.15) is 5.56 Å². The highest BCUT2D eigenvalue weighted by Crippen LogP contribution is 2.21. The fraction of sp³-hybridized carbons (Fsp3) is 0.250. The van der Waals surface area contributed by atoms with Gasteiger partial charge in [0.1, 0.15) is 5.69 Å². The molecule has 0 fully saturated rings. The van der Waals surface area contributed by atoms with E-state index in [1.165, 1.54) is 0 Å². The fourth-order valence-corrected chi connectivity index (χ4v) is 1.65. The highest BCUT2D eigenvalue weighted by molar-refractivity contribution is 5.53. The van der Waals surface area contributed by atoms with Crippen LogP contribution in [-0.4, -0.2) is 16.3 Å². The SMILES string of the molecule is Cc1cnn(CCNc2c(F)cc(N)cc2F)c1. The van der Waals surface area contributed by atoms with Crippen LogP contribution in [0.2, 0.25) is 0 Å². The number of benzene rings is 1. The molecule has 0 saturated carbocycles. The predicted molar refractivity (Wildman–Crippen MR) is 66.2 cm³/mol. The summed E-state index contributed by atoms with van der Waals surface area (Å²) >= 11 is 0. The number of nitrogen functional groups attached to an aromatic ring is 1. The summed E-state index contributed by atoms with van der Waals surface area (Å²) in [5.41, 5.74) is 6.28. The van der Waals surface area contributed by atoms with Crippen LogP contribution >= 0.6 is 0 Å². The van der Waals surface area contributed by atoms with E-state index in [9.17, 15) is 8.78 Å². The van der Waals surface area contributed by atoms with Gasteiger partial charge in [-0.1, -0.05) is 0 Å². The fourth-order valence-electron chi connectivity index (χ4n) is 1.65. The normalized spacial score (nSPS) is 10.6. The van der Waals surface area contributed by atoms with Crippen molar-refractivity contribution in [2.24, 2.45) is 0 Å². The van der Waals surface area contributed by atoms with Gasteiger partial charge in [0, 0.05) is 18.4 Å². The van der Waals surface area contributed by atoms with Gasteiger partial charge < -0.3 is 11.1 Å². The van der Waals surface area contributed by atoms with E-state index in [0.29, 0.717) is 13.1 Å². The lowest BCUT2D eigenvalue weighted by molar-refractivity contribution is 0.582. The van der Waals surface area contributed by atoms with Crippen LogP contribution in [-0.2, 0) is 6.54 Å². The van der Waals surface area contributed by atoms with Crippen LogP contribution in [0, 0.1) is 18.6 Å². The molecule has 1 aromatic heterocycles. The standard InChI is InChI=1S/C12H14F2N4/c1-8-6-17-18(7-8)3-2-16-12-10(13)4-9(15)5-11(12)14/h4-7,16H,2-3,15H2,1H3. The Kier molecular flexibility index (Phi) is 3.45. The molecular formula is C12H14F2N4. The summed E-state index contributed by atoms with van der Waals surface area (Å²) in [4.78, 5) is 0. The van der Waals surface area contributed by atoms with Crippen LogP contribution in [0.15, 0.2) is 24.5 Å². The van der Waals surface area contributed by atoms with Crippen molar-refractivity contribution in [1.29, 1.82) is 0 Å². The Labute approximate surface area is 103 Å². The van der Waals surface area contributed by atoms with Crippen molar-refractivity contribution in [3.05, 3.63) is 41.7 Å². The van der Waals surface area contributed by atoms with Crippen LogP contribution in [0.4, 0.5) is 20.2 Å². The summed E-state index contributed by atoms with van der Waals surface area (Å²) in [6.07, 6.45) is 3.59. The zero-order valence-corrected chi connectivity index (χ0v) is 9.95. The lowest BCUT2D eigenvalue weighted by Crippen LogP contribution is -2.13. The molecule has 3 N–H and O–H groups in total. The second-order valence-electron chi connectivity index (χ2n) is 4.07. The number of halogens is 2. The van der Waals surface area contributed by atoms with Crippen LogP contribution in [0.5, 0.6) is 0 Å². The van der Waals surface area contributed by atoms with E-state index in [2.05, 4.69) is 10.4 Å². The number of nitrogens with two attached hydrogens (primary N) is 1. The molecule has 2 aromatic rings. The van der Waals surface area contributed by atoms with Crippen molar-refractivity contribution >= 4 is 11.4 Å². The summed E-state index contributed by atoms with van der Waals surface area (Å²) in [5, 5.41) is 6.77. The molecule has 2 rings (SSSR count). The van der Waals surface area contributed by atoms with Crippen molar-refractivity contribution in [3.63, 3.8) is 0 Å². The van der Waals surface area contributed by atoms with Gasteiger partial charge in [0.05, 0.1) is 12.7 Å². The van der Waals surface area contributed by atoms with E-state index in [0.717, 1.165) is 17.7 Å². The number of hydrogen-bond donors (Lipinski definition) is 2. The lowest BCUT2D eigenvalue weighted by atomic mass is 10.2. The number of hydrogen-bond acceptors (Lipinski definition) is 3. The number of nitrogens with zero attached hydrogens (tertiary/aromatic N) is 2. The van der Waals surface area contributed by atoms with Gasteiger partial charge in [0.15, 0.2) is 11.6 Å². The highest BCUT2D eigenvalue weighted by atomic mass is 19.1. The van der Waals surface area contributed by atoms with Gasteiger partial charge in [-0.05, 0) is 24.6 Å². The van der Waals surface area contributed by atoms with Crippen molar-refractivity contribution in [2.75, 3.05) is 17.6 Å². The molecule has 1 heterocycles. The Hall–Kier alpha value is -2.11. The Morgan fingerprint density at radius 2 is 2.00 bits per heavy atom. The summed E-state index contributed by atoms with van der Waals surface area (Å²) < 4.78 is 28.6. The van der Waals surface area contributed by atoms with E-state index < -0.39 is 11.6 Å². The van der Waals surface area contributed by atoms with E-state index in [1.807, 2.05) is 13.1 Å². The highest BCUT2D eigenvalue weighted by Gasteiger charge is 2.09. The molecule has 0 bridgehead atoms. The number of aromatic nitrogens is 2. The van der Waals surface area contributed by atoms with Crippen molar-refractivity contribution in [2.45, 2.75) is 13.5 Å². The van der Waals surface area contributed by atoms with Gasteiger partial charge in [-0.15, -0.1) is 0 Å². The third-order valence-electron chi connectivity index (χ3n) is 2.47. The summed E-state index contributed by atoms with van der Waals surface area (Å²) in [6, 6.07) is 2.17. The molecule has 0 amide bonds. The largest absolute Gasteiger partial charge is 0.399 e. The molecule has 0 atom stereocenters. The van der Waals surface area contributed by atoms with Gasteiger partial charge in [0.25, 0.3) is 0 Å². The topological polar surface area (TPSA) is 55.9 Å². The predicted octanol–water partition coefficient (Wildman–Crippen LogP) is 2.16. The Balaban J connectivity index is 1.98. The van der Waals surface area contributed by atoms with E-state index in [-0.39, 0.29) is 11.4 Å². The second-order valence-corrected chi connectivity index (χ2v) is 4.07. The van der Waals surface area contributed by atoms with Crippen molar-refractivity contribution < 1.29 is 8.78 Å². The van der Waals surface area contributed by atoms with Gasteiger partial charge in [-0.25, -0.2) is 8.78 Å². The minimum absolute atomic E-state index is 0.0678. The molecule has 0 aliphatic rings. The maximum atomic E-state index is 13.4. The molecule has 0 aliphatic heterocycles. The third-order valence-corrected chi connectivity index (χ3v) is 2.47. The molecule has 0 unspecified atom stereocenters. The average molecular weight is 252 g/mol. The lowest BCUT2D eigenvalue weighted by Gasteiger charge is -2.09. The van der Waals surface area contributed by atoms with E-state index >= 15 is 0 Å². The molecule has 0 saturated heterocycles. The van der Waals surface area contributed by atoms with Gasteiger partial charge in [-0.3, -0.25) is 4.68 Å². The van der Waals surface area contributed by atoms with Gasteiger partial charge >= 0.3 is 0 Å². The number of nitrogens with one attached hydrogen (secondary N) is 1. The first-order valence-electron chi connectivity index (χ1n) is 5.53. The Morgan fingerprint density at radius 1 is 1.33 bits per heavy atom. The van der Waals surface area contributed by atoms with Crippen molar-refractivity contribution in [1.82, 2.24) is 9.78 Å². The minimum atomic E-state index is -0.691. The maximum Gasteiger partial charge on any atom is 0.151 e. The third kappa shape index (κ3) is 2.77. The number of anilines is 2. The van der Waals surface area contributed by atoms with Gasteiger partial charge in [-0.2, -0.15) is 5.10 Å². The first-order chi connectivity index (χ1) is 8.56. The molecule has 6 heteroatoms. The Bertz CT molecular complexity index is 528. The summed E-state index contributed by atoms with van der Waals surface area (Å²) in [5.74, 6) is -1.38. The number of aryl methyl sites for hydroxylation is 1. The average Bonchev–Trinajstić information content (AvgIpc) is 2.68. The zero-order valence-electron chi connectivity index (χ0n) is 9.95. The molecule has 0 aliphatic carbocycles. The zero-order chi connectivity index (χ0) is 13.1. The van der Waals surface area contributed by atoms with Crippen molar-refractivity contribution in [3.8, 4) is 0 Å². The second kappa shape index (κ2) is 5.03. The smallest absolute Gasteiger partial charge is 0.151 e. The summed E-state index contributed by atoms with van der Waals surface area (Å²) in [6.45, 7) is 2.83. The quantitative estimate of drug-likeness (QED) is 0.820. The molecule has 1 aromatic carbocycles. The molecule has 0 spiro atoms. The molecule has 18 heavy (non-hydrogen) atoms. The molecule has 4 nitrogen and oxygen atoms in total. The minimum Gasteiger partial charge on any atom is -0.399 e. The molecule has 0 radical (unpaired) electrons. The summed E-state index contributed by atoms with van der Waals surface area (Å²) in [7, 11) is 0. The maximum absolute atomic E-state index is 13.4. The van der Waals surface area contributed by atoms with Crippen LogP contribution in [0.25, 0.3) is 0 Å². The van der Waals surface area contributed by atoms with Crippen LogP contribution < -0.4 is 11.1 Å². The molecule has 96 valence electrons. The number of rotatable bonds is 4. The van der Waals surface area contributed by atoms with Gasteiger partial charge in [0.2, 0.25) is 0 Å². The Morgan fingerprint density at radius 3 is 2.56 bits per heavy atom. The monoisotopic (exact) mass is 252 g/mol. The van der Waals surface area contributed by atoms with E-state index in [4.69, 9.17) is 5.73 Å². The first kappa shape index (κ1) is 12.3. The molecular weight excluding hydrogens is 238 g/mol. The van der Waals surface area contributed by atoms with E-state index in [1.54, 1.807) is 10.9 Å².